The average Bonchev–Trinajstić information content (AvgIpc) is 1.97. The van der Waals surface area contributed by atoms with Crippen LogP contribution in [0.15, 0.2) is 16.6 Å². The summed E-state index contributed by atoms with van der Waals surface area (Å²) >= 11 is 3.38. The number of phenols is 1. The Labute approximate surface area is 96.2 Å². The second kappa shape index (κ2) is 3.23. The van der Waals surface area contributed by atoms with Gasteiger partial charge in [0.1, 0.15) is 11.5 Å². The number of hydrogen-bond acceptors (Lipinski definition) is 3. The molecule has 0 aliphatic carbocycles. The van der Waals surface area contributed by atoms with E-state index in [-0.39, 0.29) is 17.1 Å². The maximum atomic E-state index is 11.3. The zero-order chi connectivity index (χ0) is 11.2. The van der Waals surface area contributed by atoms with Gasteiger partial charge in [-0.3, -0.25) is 4.79 Å². The molecule has 4 heteroatoms. The Hall–Kier alpha value is -1.03. The number of halogens is 1. The highest BCUT2D eigenvalue weighted by Gasteiger charge is 2.35. The number of aromatic hydroxyl groups is 1. The van der Waals surface area contributed by atoms with Crippen LogP contribution in [0.2, 0.25) is 0 Å². The average molecular weight is 271 g/mol. The van der Waals surface area contributed by atoms with Crippen molar-refractivity contribution in [3.05, 3.63) is 22.2 Å². The lowest BCUT2D eigenvalue weighted by molar-refractivity contribution is -0.136. The molecule has 0 bridgehead atoms. The minimum Gasteiger partial charge on any atom is -0.508 e. The van der Waals surface area contributed by atoms with Crippen molar-refractivity contribution < 1.29 is 14.6 Å². The number of hydrogen-bond donors (Lipinski definition) is 1. The third kappa shape index (κ3) is 1.74. The van der Waals surface area contributed by atoms with Gasteiger partial charge in [-0.1, -0.05) is 29.8 Å². The Morgan fingerprint density at radius 2 is 2.13 bits per heavy atom. The van der Waals surface area contributed by atoms with Gasteiger partial charge in [0.25, 0.3) is 0 Å². The number of carbonyl (C=O) groups excluding carboxylic acids is 1. The second-order valence-electron chi connectivity index (χ2n) is 4.34. The van der Waals surface area contributed by atoms with Gasteiger partial charge < -0.3 is 9.84 Å². The second-order valence-corrected chi connectivity index (χ2v) is 5.19. The molecule has 0 radical (unpaired) electrons. The highest BCUT2D eigenvalue weighted by Crippen LogP contribution is 2.44. The lowest BCUT2D eigenvalue weighted by atomic mass is 9.79. The Balaban J connectivity index is 2.67. The molecule has 1 aliphatic rings. The van der Waals surface area contributed by atoms with E-state index in [0.717, 1.165) is 10.0 Å². The van der Waals surface area contributed by atoms with E-state index < -0.39 is 0 Å². The molecule has 0 amide bonds. The molecule has 0 saturated heterocycles. The van der Waals surface area contributed by atoms with E-state index in [1.54, 1.807) is 6.07 Å². The van der Waals surface area contributed by atoms with Crippen molar-refractivity contribution >= 4 is 21.9 Å². The van der Waals surface area contributed by atoms with Crippen LogP contribution in [-0.4, -0.2) is 11.1 Å². The Bertz CT molecular complexity index is 438. The molecule has 0 atom stereocenters. The van der Waals surface area contributed by atoms with Gasteiger partial charge in [-0.25, -0.2) is 0 Å². The summed E-state index contributed by atoms with van der Waals surface area (Å²) in [6, 6.07) is 3.08. The fourth-order valence-electron chi connectivity index (χ4n) is 1.91. The number of esters is 1. The number of carbonyl (C=O) groups is 1. The summed E-state index contributed by atoms with van der Waals surface area (Å²) in [6.07, 6.45) is 0.351. The molecule has 1 aliphatic heterocycles. The van der Waals surface area contributed by atoms with Crippen molar-refractivity contribution in [2.75, 3.05) is 0 Å². The van der Waals surface area contributed by atoms with E-state index in [9.17, 15) is 9.90 Å². The van der Waals surface area contributed by atoms with Gasteiger partial charge in [-0.15, -0.1) is 0 Å². The third-order valence-electron chi connectivity index (χ3n) is 2.53. The van der Waals surface area contributed by atoms with Crippen molar-refractivity contribution in [1.82, 2.24) is 0 Å². The number of ether oxygens (including phenoxy) is 1. The maximum Gasteiger partial charge on any atom is 0.312 e. The summed E-state index contributed by atoms with van der Waals surface area (Å²) < 4.78 is 5.87. The Kier molecular flexibility index (Phi) is 2.26. The zero-order valence-electron chi connectivity index (χ0n) is 8.50. The van der Waals surface area contributed by atoms with Crippen molar-refractivity contribution in [1.29, 1.82) is 0 Å². The third-order valence-corrected chi connectivity index (χ3v) is 3.15. The van der Waals surface area contributed by atoms with E-state index in [1.807, 2.05) is 13.8 Å². The van der Waals surface area contributed by atoms with Gasteiger partial charge in [0, 0.05) is 21.5 Å². The number of phenolic OH excluding ortho intramolecular Hbond substituents is 1. The molecule has 0 saturated carbocycles. The van der Waals surface area contributed by atoms with Gasteiger partial charge >= 0.3 is 5.97 Å². The van der Waals surface area contributed by atoms with Gasteiger partial charge in [-0.2, -0.15) is 0 Å². The zero-order valence-corrected chi connectivity index (χ0v) is 10.1. The molecule has 0 spiro atoms. The molecule has 80 valence electrons. The fourth-order valence-corrected chi connectivity index (χ4v) is 2.88. The number of rotatable bonds is 0. The summed E-state index contributed by atoms with van der Waals surface area (Å²) in [5.41, 5.74) is 0.664. The molecule has 2 rings (SSSR count). The molecule has 0 unspecified atom stereocenters. The first-order chi connectivity index (χ1) is 6.90. The monoisotopic (exact) mass is 270 g/mol. The van der Waals surface area contributed by atoms with Crippen molar-refractivity contribution in [3.63, 3.8) is 0 Å². The van der Waals surface area contributed by atoms with E-state index in [4.69, 9.17) is 4.74 Å². The summed E-state index contributed by atoms with van der Waals surface area (Å²) in [5.74, 6) is 0.277. The lowest BCUT2D eigenvalue weighted by Crippen LogP contribution is -2.31. The van der Waals surface area contributed by atoms with Crippen LogP contribution in [0.5, 0.6) is 11.5 Å². The summed E-state index contributed by atoms with van der Waals surface area (Å²) in [5, 5.41) is 9.40. The summed E-state index contributed by atoms with van der Waals surface area (Å²) in [4.78, 5) is 11.3. The van der Waals surface area contributed by atoms with Crippen molar-refractivity contribution in [3.8, 4) is 11.5 Å². The minimum absolute atomic E-state index is 0.0890. The van der Waals surface area contributed by atoms with Crippen molar-refractivity contribution in [2.45, 2.75) is 25.7 Å². The predicted octanol–water partition coefficient (Wildman–Crippen LogP) is 2.74. The molecule has 1 aromatic carbocycles. The van der Waals surface area contributed by atoms with E-state index >= 15 is 0 Å². The van der Waals surface area contributed by atoms with Gasteiger partial charge in [0.2, 0.25) is 0 Å². The van der Waals surface area contributed by atoms with Crippen LogP contribution in [-0.2, 0) is 10.2 Å². The lowest BCUT2D eigenvalue weighted by Gasteiger charge is -2.31. The predicted molar refractivity (Wildman–Crippen MR) is 59.1 cm³/mol. The molecule has 0 aromatic heterocycles. The van der Waals surface area contributed by atoms with Crippen LogP contribution < -0.4 is 4.74 Å². The van der Waals surface area contributed by atoms with E-state index in [2.05, 4.69) is 15.9 Å². The highest BCUT2D eigenvalue weighted by molar-refractivity contribution is 9.10. The molecule has 1 N–H and O–H groups in total. The number of benzene rings is 1. The Morgan fingerprint density at radius 3 is 2.80 bits per heavy atom. The molecular formula is C11H11BrO3. The van der Waals surface area contributed by atoms with Gasteiger partial charge in [-0.05, 0) is 6.07 Å². The van der Waals surface area contributed by atoms with Crippen LogP contribution in [0.3, 0.4) is 0 Å². The SMILES string of the molecule is CC1(C)CC(=O)Oc2cc(O)cc(Br)c21. The number of fused-ring (bicyclic) bond motifs is 1. The quantitative estimate of drug-likeness (QED) is 0.583. The molecule has 0 fully saturated rings. The van der Waals surface area contributed by atoms with E-state index in [0.29, 0.717) is 12.2 Å². The molecular weight excluding hydrogens is 260 g/mol. The Morgan fingerprint density at radius 1 is 1.47 bits per heavy atom. The summed E-state index contributed by atoms with van der Waals surface area (Å²) in [7, 11) is 0. The van der Waals surface area contributed by atoms with Gasteiger partial charge in [0.05, 0.1) is 6.42 Å². The first-order valence-corrected chi connectivity index (χ1v) is 5.43. The smallest absolute Gasteiger partial charge is 0.312 e. The molecule has 15 heavy (non-hydrogen) atoms. The standard InChI is InChI=1S/C11H11BrO3/c1-11(2)5-9(14)15-8-4-6(13)3-7(12)10(8)11/h3-4,13H,5H2,1-2H3. The van der Waals surface area contributed by atoms with Crippen LogP contribution in [0.4, 0.5) is 0 Å². The first kappa shape index (κ1) is 10.5. The maximum absolute atomic E-state index is 11.3. The molecule has 1 heterocycles. The summed E-state index contributed by atoms with van der Waals surface area (Å²) in [6.45, 7) is 3.96. The van der Waals surface area contributed by atoms with Crippen molar-refractivity contribution in [2.24, 2.45) is 0 Å². The highest BCUT2D eigenvalue weighted by atomic mass is 79.9. The van der Waals surface area contributed by atoms with Gasteiger partial charge in [0.15, 0.2) is 0 Å². The van der Waals surface area contributed by atoms with Crippen LogP contribution in [0, 0.1) is 0 Å². The van der Waals surface area contributed by atoms with Crippen LogP contribution in [0.25, 0.3) is 0 Å². The molecule has 3 nitrogen and oxygen atoms in total. The normalized spacial score (nSPS) is 18.2. The minimum atomic E-state index is -0.267. The molecule has 1 aromatic rings. The van der Waals surface area contributed by atoms with Crippen LogP contribution >= 0.6 is 15.9 Å². The largest absolute Gasteiger partial charge is 0.508 e. The van der Waals surface area contributed by atoms with E-state index in [1.165, 1.54) is 6.07 Å². The topological polar surface area (TPSA) is 46.5 Å². The van der Waals surface area contributed by atoms with Crippen LogP contribution in [0.1, 0.15) is 25.8 Å². The first-order valence-electron chi connectivity index (χ1n) is 4.64. The fraction of sp³-hybridized carbons (Fsp3) is 0.364.